The summed E-state index contributed by atoms with van der Waals surface area (Å²) < 4.78 is 0. The molecule has 2 rings (SSSR count). The molecule has 0 radical (unpaired) electrons. The van der Waals surface area contributed by atoms with E-state index in [2.05, 4.69) is 10.6 Å². The number of benzene rings is 2. The van der Waals surface area contributed by atoms with E-state index in [9.17, 15) is 9.59 Å². The lowest BCUT2D eigenvalue weighted by Gasteiger charge is -2.13. The summed E-state index contributed by atoms with van der Waals surface area (Å²) in [5.74, 6) is -0.377. The maximum atomic E-state index is 12.2. The lowest BCUT2D eigenvalue weighted by atomic mass is 10.1. The topological polar surface area (TPSA) is 87.5 Å². The molecule has 4 N–H and O–H groups in total. The number of nitrogens with two attached hydrogens (primary N) is 1. The second-order valence-corrected chi connectivity index (χ2v) is 6.37. The van der Waals surface area contributed by atoms with E-state index < -0.39 is 6.04 Å². The Morgan fingerprint density at radius 1 is 1.00 bits per heavy atom. The van der Waals surface area contributed by atoms with Gasteiger partial charge in [0.15, 0.2) is 0 Å². The third-order valence-electron chi connectivity index (χ3n) is 3.94. The third-order valence-corrected chi connectivity index (χ3v) is 3.94. The Bertz CT molecular complexity index is 742. The Hall–Kier alpha value is -2.12. The molecule has 0 aliphatic carbocycles. The molecule has 6 nitrogen and oxygen atoms in total. The van der Waals surface area contributed by atoms with Gasteiger partial charge in [-0.3, -0.25) is 9.59 Å². The fourth-order valence-corrected chi connectivity index (χ4v) is 2.43. The Morgan fingerprint density at radius 2 is 1.68 bits per heavy atom. The van der Waals surface area contributed by atoms with Crippen LogP contribution in [-0.2, 0) is 11.3 Å². The van der Waals surface area contributed by atoms with Gasteiger partial charge in [-0.1, -0.05) is 42.5 Å². The van der Waals surface area contributed by atoms with Crippen molar-refractivity contribution in [1.82, 2.24) is 15.5 Å². The lowest BCUT2D eigenvalue weighted by molar-refractivity contribution is -0.122. The van der Waals surface area contributed by atoms with Crippen LogP contribution in [0.1, 0.15) is 27.5 Å². The van der Waals surface area contributed by atoms with Crippen LogP contribution in [0.15, 0.2) is 54.6 Å². The predicted octanol–water partition coefficient (Wildman–Crippen LogP) is 2.14. The number of carbonyl (C=O) groups excluding carboxylic acids is 2. The molecule has 0 bridgehead atoms. The molecular formula is C20H28Cl2N4O2. The summed E-state index contributed by atoms with van der Waals surface area (Å²) in [6.07, 6.45) is 0. The summed E-state index contributed by atoms with van der Waals surface area (Å²) in [5, 5.41) is 5.69. The minimum Gasteiger partial charge on any atom is -0.351 e. The van der Waals surface area contributed by atoms with Crippen molar-refractivity contribution in [2.45, 2.75) is 12.6 Å². The van der Waals surface area contributed by atoms with Gasteiger partial charge in [0.05, 0.1) is 0 Å². The van der Waals surface area contributed by atoms with Crippen molar-refractivity contribution in [2.75, 3.05) is 27.2 Å². The second kappa shape index (κ2) is 13.1. The summed E-state index contributed by atoms with van der Waals surface area (Å²) in [6, 6.07) is 15.7. The largest absolute Gasteiger partial charge is 0.351 e. The molecule has 1 unspecified atom stereocenters. The van der Waals surface area contributed by atoms with Crippen molar-refractivity contribution in [1.29, 1.82) is 0 Å². The van der Waals surface area contributed by atoms with Crippen LogP contribution < -0.4 is 16.4 Å². The highest BCUT2D eigenvalue weighted by molar-refractivity contribution is 5.94. The molecular weight excluding hydrogens is 399 g/mol. The first-order valence-electron chi connectivity index (χ1n) is 8.57. The Labute approximate surface area is 178 Å². The van der Waals surface area contributed by atoms with Crippen LogP contribution >= 0.6 is 24.8 Å². The van der Waals surface area contributed by atoms with Crippen LogP contribution in [0, 0.1) is 0 Å². The highest BCUT2D eigenvalue weighted by Gasteiger charge is 2.15. The van der Waals surface area contributed by atoms with Gasteiger partial charge in [-0.15, -0.1) is 24.8 Å². The fraction of sp³-hybridized carbons (Fsp3) is 0.300. The van der Waals surface area contributed by atoms with Crippen LogP contribution in [0.5, 0.6) is 0 Å². The number of rotatable bonds is 8. The van der Waals surface area contributed by atoms with Crippen molar-refractivity contribution >= 4 is 36.6 Å². The Balaban J connectivity index is 0.00000364. The van der Waals surface area contributed by atoms with Crippen molar-refractivity contribution in [3.8, 4) is 0 Å². The van der Waals surface area contributed by atoms with E-state index >= 15 is 0 Å². The Morgan fingerprint density at radius 3 is 2.32 bits per heavy atom. The minimum atomic E-state index is -0.714. The van der Waals surface area contributed by atoms with E-state index in [1.54, 1.807) is 18.2 Å². The number of nitrogens with one attached hydrogen (secondary N) is 2. The van der Waals surface area contributed by atoms with Gasteiger partial charge < -0.3 is 21.3 Å². The summed E-state index contributed by atoms with van der Waals surface area (Å²) in [7, 11) is 3.91. The van der Waals surface area contributed by atoms with Gasteiger partial charge in [0.25, 0.3) is 5.91 Å². The number of halogens is 2. The molecule has 0 spiro atoms. The molecule has 2 aromatic carbocycles. The maximum Gasteiger partial charge on any atom is 0.251 e. The molecule has 1 atom stereocenters. The Kier molecular flexibility index (Phi) is 12.1. The first-order chi connectivity index (χ1) is 12.5. The van der Waals surface area contributed by atoms with E-state index in [0.29, 0.717) is 18.7 Å². The van der Waals surface area contributed by atoms with Crippen LogP contribution in [0.4, 0.5) is 0 Å². The highest BCUT2D eigenvalue weighted by Crippen LogP contribution is 2.10. The fourth-order valence-electron chi connectivity index (χ4n) is 2.43. The number of hydrogen-bond donors (Lipinski definition) is 3. The number of carbonyl (C=O) groups is 2. The maximum absolute atomic E-state index is 12.2. The number of hydrogen-bond acceptors (Lipinski definition) is 4. The average molecular weight is 427 g/mol. The van der Waals surface area contributed by atoms with E-state index in [0.717, 1.165) is 17.7 Å². The summed E-state index contributed by atoms with van der Waals surface area (Å²) in [4.78, 5) is 26.4. The monoisotopic (exact) mass is 426 g/mol. The normalized spacial score (nSPS) is 11.0. The summed E-state index contributed by atoms with van der Waals surface area (Å²) in [6.45, 7) is 1.68. The first-order valence-corrected chi connectivity index (χ1v) is 8.57. The van der Waals surface area contributed by atoms with Crippen molar-refractivity contribution in [2.24, 2.45) is 5.73 Å². The van der Waals surface area contributed by atoms with Gasteiger partial charge in [0, 0.05) is 25.2 Å². The van der Waals surface area contributed by atoms with E-state index in [1.807, 2.05) is 55.4 Å². The van der Waals surface area contributed by atoms with Crippen LogP contribution in [0.3, 0.4) is 0 Å². The molecule has 0 aliphatic heterocycles. The standard InChI is InChI=1S/C20H26N4O2.2ClH/c1-24(2)12-11-22-19(25)17-10-6-7-15(13-17)14-23-20(26)18(21)16-8-4-3-5-9-16;;/h3-10,13,18H,11-12,14,21H2,1-2H3,(H,22,25)(H,23,26);2*1H. The van der Waals surface area contributed by atoms with Crippen LogP contribution in [-0.4, -0.2) is 43.9 Å². The van der Waals surface area contributed by atoms with Crippen LogP contribution in [0.25, 0.3) is 0 Å². The molecule has 0 aliphatic rings. The molecule has 2 aromatic rings. The van der Waals surface area contributed by atoms with Crippen molar-refractivity contribution < 1.29 is 9.59 Å². The number of nitrogens with zero attached hydrogens (tertiary/aromatic N) is 1. The van der Waals surface area contributed by atoms with Gasteiger partial charge in [-0.25, -0.2) is 0 Å². The average Bonchev–Trinajstić information content (AvgIpc) is 2.66. The molecule has 28 heavy (non-hydrogen) atoms. The van der Waals surface area contributed by atoms with Gasteiger partial charge in [0.2, 0.25) is 5.91 Å². The van der Waals surface area contributed by atoms with Gasteiger partial charge in [-0.2, -0.15) is 0 Å². The first kappa shape index (κ1) is 25.9. The lowest BCUT2D eigenvalue weighted by Crippen LogP contribution is -2.34. The highest BCUT2D eigenvalue weighted by atomic mass is 35.5. The minimum absolute atomic E-state index is 0. The van der Waals surface area contributed by atoms with E-state index in [1.165, 1.54) is 0 Å². The van der Waals surface area contributed by atoms with Gasteiger partial charge >= 0.3 is 0 Å². The smallest absolute Gasteiger partial charge is 0.251 e. The SMILES string of the molecule is CN(C)CCNC(=O)c1cccc(CNC(=O)C(N)c2ccccc2)c1.Cl.Cl. The van der Waals surface area contributed by atoms with Crippen molar-refractivity contribution in [3.63, 3.8) is 0 Å². The van der Waals surface area contributed by atoms with E-state index in [4.69, 9.17) is 5.73 Å². The van der Waals surface area contributed by atoms with Gasteiger partial charge in [-0.05, 0) is 37.4 Å². The second-order valence-electron chi connectivity index (χ2n) is 6.37. The molecule has 0 fully saturated rings. The predicted molar refractivity (Wildman–Crippen MR) is 117 cm³/mol. The zero-order valence-electron chi connectivity index (χ0n) is 16.1. The zero-order chi connectivity index (χ0) is 18.9. The zero-order valence-corrected chi connectivity index (χ0v) is 17.7. The third kappa shape index (κ3) is 8.27. The molecule has 0 saturated carbocycles. The molecule has 154 valence electrons. The molecule has 0 heterocycles. The quantitative estimate of drug-likeness (QED) is 0.603. The molecule has 0 aromatic heterocycles. The molecule has 2 amide bonds. The summed E-state index contributed by atoms with van der Waals surface area (Å²) >= 11 is 0. The van der Waals surface area contributed by atoms with Crippen molar-refractivity contribution in [3.05, 3.63) is 71.3 Å². The summed E-state index contributed by atoms with van der Waals surface area (Å²) in [5.41, 5.74) is 8.16. The number of amides is 2. The van der Waals surface area contributed by atoms with E-state index in [-0.39, 0.29) is 36.6 Å². The molecule has 8 heteroatoms. The molecule has 0 saturated heterocycles. The van der Waals surface area contributed by atoms with Gasteiger partial charge in [0.1, 0.15) is 6.04 Å². The number of likely N-dealkylation sites (N-methyl/N-ethyl adjacent to an activating group) is 1. The van der Waals surface area contributed by atoms with Crippen LogP contribution in [0.2, 0.25) is 0 Å².